The molecule has 1 nitrogen and oxygen atoms in total. The molecule has 0 atom stereocenters. The molecule has 0 aromatic heterocycles. The van der Waals surface area contributed by atoms with Crippen LogP contribution in [0.2, 0.25) is 0 Å². The molecule has 1 heteroatoms. The fourth-order valence-electron chi connectivity index (χ4n) is 6.37. The topological polar surface area (TPSA) is 0 Å². The highest BCUT2D eigenvalue weighted by molar-refractivity contribution is 5.17. The van der Waals surface area contributed by atoms with Gasteiger partial charge in [-0.15, -0.1) is 0 Å². The highest BCUT2D eigenvalue weighted by Gasteiger charge is 2.28. The molecule has 3 rings (SSSR count). The van der Waals surface area contributed by atoms with E-state index in [2.05, 4.69) is 110 Å². The van der Waals surface area contributed by atoms with Crippen LogP contribution in [0.15, 0.2) is 103 Å². The van der Waals surface area contributed by atoms with Crippen LogP contribution in [-0.2, 0) is 19.6 Å². The SMILES string of the molecule is CCCCCC/C=C/CCCCCCCCCCCC[N+](Cc1ccccc1)(Cc1ccccc1)Cc1ccccc1. The average molecular weight is 567 g/mol. The summed E-state index contributed by atoms with van der Waals surface area (Å²) < 4.78 is 1.09. The fraction of sp³-hybridized carbons (Fsp3) is 0.512. The van der Waals surface area contributed by atoms with Crippen LogP contribution in [-0.4, -0.2) is 11.0 Å². The van der Waals surface area contributed by atoms with E-state index in [1.54, 1.807) is 0 Å². The van der Waals surface area contributed by atoms with Crippen LogP contribution in [0.5, 0.6) is 0 Å². The summed E-state index contributed by atoms with van der Waals surface area (Å²) in [6.45, 7) is 6.76. The molecule has 0 saturated heterocycles. The Morgan fingerprint density at radius 3 is 1.12 bits per heavy atom. The van der Waals surface area contributed by atoms with Crippen LogP contribution in [0.25, 0.3) is 0 Å². The second-order valence-electron chi connectivity index (χ2n) is 12.6. The van der Waals surface area contributed by atoms with Crippen LogP contribution in [0.4, 0.5) is 0 Å². The molecule has 0 heterocycles. The van der Waals surface area contributed by atoms with E-state index in [-0.39, 0.29) is 0 Å². The van der Waals surface area contributed by atoms with Crippen molar-refractivity contribution >= 4 is 0 Å². The van der Waals surface area contributed by atoms with Crippen molar-refractivity contribution in [2.24, 2.45) is 0 Å². The highest BCUT2D eigenvalue weighted by atomic mass is 15.3. The molecule has 0 unspecified atom stereocenters. The Hall–Kier alpha value is -2.64. The van der Waals surface area contributed by atoms with Crippen LogP contribution in [0, 0.1) is 0 Å². The summed E-state index contributed by atoms with van der Waals surface area (Å²) in [5, 5.41) is 0. The van der Waals surface area contributed by atoms with E-state index in [0.717, 1.165) is 24.1 Å². The molecule has 0 spiro atoms. The van der Waals surface area contributed by atoms with Crippen molar-refractivity contribution in [3.8, 4) is 0 Å². The van der Waals surface area contributed by atoms with Gasteiger partial charge < -0.3 is 4.48 Å². The van der Waals surface area contributed by atoms with E-state index in [9.17, 15) is 0 Å². The van der Waals surface area contributed by atoms with Crippen molar-refractivity contribution in [3.05, 3.63) is 120 Å². The lowest BCUT2D eigenvalue weighted by molar-refractivity contribution is -0.966. The van der Waals surface area contributed by atoms with Gasteiger partial charge in [-0.3, -0.25) is 0 Å². The van der Waals surface area contributed by atoms with Crippen LogP contribution in [0.1, 0.15) is 126 Å². The molecule has 0 aliphatic heterocycles. The molecule has 0 radical (unpaired) electrons. The minimum atomic E-state index is 1.08. The summed E-state index contributed by atoms with van der Waals surface area (Å²) in [5.74, 6) is 0. The standard InChI is InChI=1S/C41H60N/c1-2-3-4-5-6-7-8-9-10-11-12-13-14-15-16-17-18-28-35-42(36-39-29-22-19-23-30-39,37-40-31-24-20-25-32-40)38-41-33-26-21-27-34-41/h7-8,19-27,29-34H,2-6,9-18,28,35-38H2,1H3/q+1/b8-7+. The van der Waals surface area contributed by atoms with Gasteiger partial charge in [0.1, 0.15) is 19.6 Å². The lowest BCUT2D eigenvalue weighted by Gasteiger charge is -2.39. The van der Waals surface area contributed by atoms with Crippen molar-refractivity contribution in [1.82, 2.24) is 0 Å². The number of quaternary nitrogens is 1. The first-order chi connectivity index (χ1) is 20.8. The predicted octanol–water partition coefficient (Wildman–Crippen LogP) is 12.2. The van der Waals surface area contributed by atoms with Gasteiger partial charge in [0.2, 0.25) is 0 Å². The lowest BCUT2D eigenvalue weighted by Crippen LogP contribution is -2.46. The van der Waals surface area contributed by atoms with Crippen molar-refractivity contribution in [2.45, 2.75) is 129 Å². The molecule has 0 fully saturated rings. The van der Waals surface area contributed by atoms with Gasteiger partial charge in [0, 0.05) is 16.7 Å². The van der Waals surface area contributed by atoms with Crippen LogP contribution < -0.4 is 0 Å². The molecule has 0 aliphatic rings. The maximum atomic E-state index is 2.43. The Morgan fingerprint density at radius 2 is 0.738 bits per heavy atom. The number of benzene rings is 3. The Labute approximate surface area is 259 Å². The van der Waals surface area contributed by atoms with E-state index >= 15 is 0 Å². The molecule has 0 saturated carbocycles. The first-order valence-corrected chi connectivity index (χ1v) is 17.4. The molecule has 0 amide bonds. The third-order valence-electron chi connectivity index (χ3n) is 8.73. The van der Waals surface area contributed by atoms with E-state index < -0.39 is 0 Å². The number of allylic oxidation sites excluding steroid dienone is 2. The Morgan fingerprint density at radius 1 is 0.405 bits per heavy atom. The number of rotatable bonds is 24. The molecule has 3 aromatic carbocycles. The third-order valence-corrected chi connectivity index (χ3v) is 8.73. The van der Waals surface area contributed by atoms with Gasteiger partial charge >= 0.3 is 0 Å². The van der Waals surface area contributed by atoms with Gasteiger partial charge in [0.15, 0.2) is 0 Å². The average Bonchev–Trinajstić information content (AvgIpc) is 3.02. The maximum absolute atomic E-state index is 2.43. The van der Waals surface area contributed by atoms with Gasteiger partial charge in [-0.25, -0.2) is 0 Å². The van der Waals surface area contributed by atoms with Gasteiger partial charge in [0.05, 0.1) is 6.54 Å². The number of nitrogens with zero attached hydrogens (tertiary/aromatic N) is 1. The maximum Gasteiger partial charge on any atom is 0.105 e. The van der Waals surface area contributed by atoms with E-state index in [1.807, 2.05) is 0 Å². The summed E-state index contributed by atoms with van der Waals surface area (Å²) in [5.41, 5.74) is 4.34. The van der Waals surface area contributed by atoms with Gasteiger partial charge in [-0.1, -0.05) is 174 Å². The molecule has 228 valence electrons. The Bertz CT molecular complexity index is 939. The Balaban J connectivity index is 1.38. The zero-order valence-electron chi connectivity index (χ0n) is 26.9. The van der Waals surface area contributed by atoms with Crippen molar-refractivity contribution in [3.63, 3.8) is 0 Å². The summed E-state index contributed by atoms with van der Waals surface area (Å²) in [6, 6.07) is 33.5. The summed E-state index contributed by atoms with van der Waals surface area (Å²) in [6.07, 6.45) is 26.8. The number of unbranched alkanes of at least 4 members (excludes halogenated alkanes) is 14. The van der Waals surface area contributed by atoms with Crippen molar-refractivity contribution < 1.29 is 4.48 Å². The molecule has 0 N–H and O–H groups in total. The zero-order valence-corrected chi connectivity index (χ0v) is 26.9. The largest absolute Gasteiger partial charge is 0.312 e. The lowest BCUT2D eigenvalue weighted by atomic mass is 10.0. The van der Waals surface area contributed by atoms with Crippen molar-refractivity contribution in [1.29, 1.82) is 0 Å². The van der Waals surface area contributed by atoms with Gasteiger partial charge in [-0.2, -0.15) is 0 Å². The Kier molecular flexibility index (Phi) is 17.7. The van der Waals surface area contributed by atoms with E-state index in [1.165, 1.54) is 126 Å². The summed E-state index contributed by atoms with van der Waals surface area (Å²) >= 11 is 0. The molecular formula is C41H60N+. The van der Waals surface area contributed by atoms with Gasteiger partial charge in [0.25, 0.3) is 0 Å². The smallest absolute Gasteiger partial charge is 0.105 e. The molecule has 0 aliphatic carbocycles. The minimum Gasteiger partial charge on any atom is -0.312 e. The normalized spacial score (nSPS) is 11.8. The molecular weight excluding hydrogens is 506 g/mol. The molecule has 0 bridgehead atoms. The van der Waals surface area contributed by atoms with E-state index in [4.69, 9.17) is 0 Å². The second kappa shape index (κ2) is 22.0. The summed E-state index contributed by atoms with van der Waals surface area (Å²) in [7, 11) is 0. The minimum absolute atomic E-state index is 1.08. The van der Waals surface area contributed by atoms with Crippen LogP contribution >= 0.6 is 0 Å². The predicted molar refractivity (Wildman–Crippen MR) is 184 cm³/mol. The number of hydrogen-bond acceptors (Lipinski definition) is 0. The third kappa shape index (κ3) is 15.0. The highest BCUT2D eigenvalue weighted by Crippen LogP contribution is 2.26. The second-order valence-corrected chi connectivity index (χ2v) is 12.6. The monoisotopic (exact) mass is 566 g/mol. The first-order valence-electron chi connectivity index (χ1n) is 17.4. The van der Waals surface area contributed by atoms with Gasteiger partial charge in [-0.05, 0) is 38.5 Å². The van der Waals surface area contributed by atoms with E-state index in [0.29, 0.717) is 0 Å². The molecule has 3 aromatic rings. The summed E-state index contributed by atoms with van der Waals surface area (Å²) in [4.78, 5) is 0. The first kappa shape index (κ1) is 33.9. The van der Waals surface area contributed by atoms with Crippen LogP contribution in [0.3, 0.4) is 0 Å². The zero-order chi connectivity index (χ0) is 29.4. The quantitative estimate of drug-likeness (QED) is 0.0574. The molecule has 42 heavy (non-hydrogen) atoms. The number of hydrogen-bond donors (Lipinski definition) is 0. The van der Waals surface area contributed by atoms with Crippen molar-refractivity contribution in [2.75, 3.05) is 6.54 Å². The fourth-order valence-corrected chi connectivity index (χ4v) is 6.37.